The Morgan fingerprint density at radius 1 is 1.00 bits per heavy atom. The largest absolute Gasteiger partial charge is 0.508 e. The number of aliphatic hydroxyl groups is 1. The van der Waals surface area contributed by atoms with Crippen molar-refractivity contribution >= 4 is 5.91 Å². The van der Waals surface area contributed by atoms with E-state index in [9.17, 15) is 15.0 Å². The maximum Gasteiger partial charge on any atom is 0.255 e. The molecule has 2 rings (SSSR count). The average molecular weight is 361 g/mol. The highest BCUT2D eigenvalue weighted by Crippen LogP contribution is 2.34. The number of aliphatic hydroxyl groups excluding tert-OH is 1. The van der Waals surface area contributed by atoms with E-state index in [4.69, 9.17) is 14.2 Å². The SMILES string of the molecule is COc1cc(OC)c(C(=O)N[C@H](CO)Cc2ccc(O)cc2)cc1OC. The molecule has 0 aliphatic heterocycles. The molecular weight excluding hydrogens is 338 g/mol. The summed E-state index contributed by atoms with van der Waals surface area (Å²) < 4.78 is 15.7. The summed E-state index contributed by atoms with van der Waals surface area (Å²) in [5.41, 5.74) is 1.15. The van der Waals surface area contributed by atoms with E-state index >= 15 is 0 Å². The predicted molar refractivity (Wildman–Crippen MR) is 96.2 cm³/mol. The third-order valence-electron chi connectivity index (χ3n) is 3.92. The van der Waals surface area contributed by atoms with Crippen LogP contribution in [-0.2, 0) is 6.42 Å². The molecule has 7 heteroatoms. The summed E-state index contributed by atoms with van der Waals surface area (Å²) in [4.78, 5) is 12.7. The second-order valence-corrected chi connectivity index (χ2v) is 5.63. The van der Waals surface area contributed by atoms with Gasteiger partial charge in [-0.2, -0.15) is 0 Å². The van der Waals surface area contributed by atoms with Gasteiger partial charge >= 0.3 is 0 Å². The molecule has 0 aromatic heterocycles. The molecule has 0 unspecified atom stereocenters. The number of nitrogens with one attached hydrogen (secondary N) is 1. The number of hydrogen-bond acceptors (Lipinski definition) is 6. The number of phenolic OH excluding ortho intramolecular Hbond substituents is 1. The van der Waals surface area contributed by atoms with Crippen molar-refractivity contribution in [2.24, 2.45) is 0 Å². The van der Waals surface area contributed by atoms with Gasteiger partial charge in [0.1, 0.15) is 11.5 Å². The van der Waals surface area contributed by atoms with E-state index in [1.165, 1.54) is 27.4 Å². The first-order valence-corrected chi connectivity index (χ1v) is 8.02. The summed E-state index contributed by atoms with van der Waals surface area (Å²) in [5, 5.41) is 21.7. The first-order valence-electron chi connectivity index (χ1n) is 8.02. The van der Waals surface area contributed by atoms with Crippen LogP contribution in [0.1, 0.15) is 15.9 Å². The van der Waals surface area contributed by atoms with Gasteiger partial charge in [-0.25, -0.2) is 0 Å². The van der Waals surface area contributed by atoms with Crippen LogP contribution in [-0.4, -0.2) is 50.1 Å². The van der Waals surface area contributed by atoms with E-state index in [0.717, 1.165) is 5.56 Å². The molecule has 0 radical (unpaired) electrons. The molecule has 1 amide bonds. The minimum absolute atomic E-state index is 0.161. The van der Waals surface area contributed by atoms with E-state index in [1.807, 2.05) is 0 Å². The lowest BCUT2D eigenvalue weighted by atomic mass is 10.1. The van der Waals surface area contributed by atoms with Crippen LogP contribution in [0.2, 0.25) is 0 Å². The van der Waals surface area contributed by atoms with Crippen LogP contribution < -0.4 is 19.5 Å². The summed E-state index contributed by atoms with van der Waals surface area (Å²) in [6, 6.07) is 9.20. The van der Waals surface area contributed by atoms with Gasteiger partial charge in [0.25, 0.3) is 5.91 Å². The minimum Gasteiger partial charge on any atom is -0.508 e. The maximum absolute atomic E-state index is 12.7. The molecule has 7 nitrogen and oxygen atoms in total. The molecule has 140 valence electrons. The second kappa shape index (κ2) is 8.96. The van der Waals surface area contributed by atoms with Gasteiger partial charge in [-0.15, -0.1) is 0 Å². The van der Waals surface area contributed by atoms with E-state index in [0.29, 0.717) is 23.7 Å². The van der Waals surface area contributed by atoms with Crippen LogP contribution in [0.25, 0.3) is 0 Å². The Balaban J connectivity index is 2.19. The Hall–Kier alpha value is -2.93. The number of phenols is 1. The first-order chi connectivity index (χ1) is 12.5. The fraction of sp³-hybridized carbons (Fsp3) is 0.316. The monoisotopic (exact) mass is 361 g/mol. The average Bonchev–Trinajstić information content (AvgIpc) is 2.67. The summed E-state index contributed by atoms with van der Waals surface area (Å²) in [6.45, 7) is -0.234. The number of hydrogen-bond donors (Lipinski definition) is 3. The summed E-state index contributed by atoms with van der Waals surface area (Å²) in [5.74, 6) is 0.941. The smallest absolute Gasteiger partial charge is 0.255 e. The lowest BCUT2D eigenvalue weighted by molar-refractivity contribution is 0.0913. The normalized spacial score (nSPS) is 11.5. The van der Waals surface area contributed by atoms with Crippen LogP contribution in [0, 0.1) is 0 Å². The highest BCUT2D eigenvalue weighted by Gasteiger charge is 2.20. The van der Waals surface area contributed by atoms with E-state index in [1.54, 1.807) is 30.3 Å². The van der Waals surface area contributed by atoms with Gasteiger partial charge in [-0.1, -0.05) is 12.1 Å². The van der Waals surface area contributed by atoms with Crippen molar-refractivity contribution in [1.82, 2.24) is 5.32 Å². The molecule has 2 aromatic rings. The second-order valence-electron chi connectivity index (χ2n) is 5.63. The summed E-state index contributed by atoms with van der Waals surface area (Å²) >= 11 is 0. The molecule has 0 spiro atoms. The predicted octanol–water partition coefficient (Wildman–Crippen LogP) is 1.75. The molecule has 0 aliphatic rings. The summed E-state index contributed by atoms with van der Waals surface area (Å²) in [6.07, 6.45) is 0.415. The van der Waals surface area contributed by atoms with Crippen LogP contribution in [0.4, 0.5) is 0 Å². The van der Waals surface area contributed by atoms with Gasteiger partial charge in [0.2, 0.25) is 0 Å². The third kappa shape index (κ3) is 4.58. The molecule has 0 heterocycles. The third-order valence-corrected chi connectivity index (χ3v) is 3.92. The van der Waals surface area contributed by atoms with Crippen molar-refractivity contribution in [2.45, 2.75) is 12.5 Å². The van der Waals surface area contributed by atoms with Crippen LogP contribution in [0.15, 0.2) is 36.4 Å². The van der Waals surface area contributed by atoms with E-state index in [2.05, 4.69) is 5.32 Å². The highest BCUT2D eigenvalue weighted by atomic mass is 16.5. The van der Waals surface area contributed by atoms with Gasteiger partial charge in [0.15, 0.2) is 11.5 Å². The van der Waals surface area contributed by atoms with Crippen molar-refractivity contribution < 1.29 is 29.2 Å². The standard InChI is InChI=1S/C19H23NO6/c1-24-16-10-18(26-3)17(25-2)9-15(16)19(23)20-13(11-21)8-12-4-6-14(22)7-5-12/h4-7,9-10,13,21-22H,8,11H2,1-3H3,(H,20,23)/t13-/m0/s1. The number of carbonyl (C=O) groups is 1. The van der Waals surface area contributed by atoms with Crippen LogP contribution in [0.5, 0.6) is 23.0 Å². The Labute approximate surface area is 152 Å². The fourth-order valence-electron chi connectivity index (χ4n) is 2.55. The number of ether oxygens (including phenoxy) is 3. The van der Waals surface area contributed by atoms with Crippen molar-refractivity contribution in [3.63, 3.8) is 0 Å². The molecular formula is C19H23NO6. The Morgan fingerprint density at radius 2 is 1.58 bits per heavy atom. The van der Waals surface area contributed by atoms with E-state index in [-0.39, 0.29) is 17.9 Å². The molecule has 1 atom stereocenters. The number of benzene rings is 2. The zero-order chi connectivity index (χ0) is 19.1. The molecule has 0 saturated heterocycles. The molecule has 3 N–H and O–H groups in total. The molecule has 0 aliphatic carbocycles. The number of rotatable bonds is 8. The zero-order valence-electron chi connectivity index (χ0n) is 15.0. The molecule has 0 fully saturated rings. The molecule has 0 bridgehead atoms. The zero-order valence-corrected chi connectivity index (χ0v) is 15.0. The number of methoxy groups -OCH3 is 3. The lowest BCUT2D eigenvalue weighted by Gasteiger charge is -2.19. The highest BCUT2D eigenvalue weighted by molar-refractivity contribution is 5.98. The fourth-order valence-corrected chi connectivity index (χ4v) is 2.55. The van der Waals surface area contributed by atoms with Gasteiger partial charge in [0.05, 0.1) is 39.5 Å². The van der Waals surface area contributed by atoms with Crippen LogP contribution >= 0.6 is 0 Å². The Bertz CT molecular complexity index is 744. The quantitative estimate of drug-likeness (QED) is 0.663. The molecule has 26 heavy (non-hydrogen) atoms. The van der Waals surface area contributed by atoms with Gasteiger partial charge in [-0.3, -0.25) is 4.79 Å². The number of aromatic hydroxyl groups is 1. The number of carbonyl (C=O) groups excluding carboxylic acids is 1. The number of amides is 1. The van der Waals surface area contributed by atoms with Crippen molar-refractivity contribution in [1.29, 1.82) is 0 Å². The van der Waals surface area contributed by atoms with Gasteiger partial charge in [-0.05, 0) is 24.1 Å². The van der Waals surface area contributed by atoms with Crippen molar-refractivity contribution in [2.75, 3.05) is 27.9 Å². The van der Waals surface area contributed by atoms with Gasteiger partial charge in [0, 0.05) is 12.1 Å². The van der Waals surface area contributed by atoms with Crippen molar-refractivity contribution in [3.05, 3.63) is 47.5 Å². The molecule has 2 aromatic carbocycles. The van der Waals surface area contributed by atoms with E-state index < -0.39 is 11.9 Å². The lowest BCUT2D eigenvalue weighted by Crippen LogP contribution is -2.39. The van der Waals surface area contributed by atoms with Crippen molar-refractivity contribution in [3.8, 4) is 23.0 Å². The Kier molecular flexibility index (Phi) is 6.68. The summed E-state index contributed by atoms with van der Waals surface area (Å²) in [7, 11) is 4.43. The Morgan fingerprint density at radius 3 is 2.12 bits per heavy atom. The van der Waals surface area contributed by atoms with Crippen LogP contribution in [0.3, 0.4) is 0 Å². The first kappa shape index (κ1) is 19.4. The van der Waals surface area contributed by atoms with Gasteiger partial charge < -0.3 is 29.7 Å². The topological polar surface area (TPSA) is 97.3 Å². The molecule has 0 saturated carbocycles. The maximum atomic E-state index is 12.7. The minimum atomic E-state index is -0.496.